The molecule has 1 rings (SSSR count). The zero-order valence-electron chi connectivity index (χ0n) is 11.3. The van der Waals surface area contributed by atoms with Gasteiger partial charge in [-0.15, -0.1) is 0 Å². The van der Waals surface area contributed by atoms with Gasteiger partial charge in [-0.2, -0.15) is 0 Å². The summed E-state index contributed by atoms with van der Waals surface area (Å²) < 4.78 is 0. The van der Waals surface area contributed by atoms with Gasteiger partial charge in [0.15, 0.2) is 0 Å². The molecule has 6 heteroatoms. The van der Waals surface area contributed by atoms with E-state index in [1.807, 2.05) is 6.92 Å². The van der Waals surface area contributed by atoms with Crippen LogP contribution in [0, 0.1) is 5.92 Å². The molecule has 1 aromatic carbocycles. The fourth-order valence-corrected chi connectivity index (χ4v) is 2.06. The molecule has 0 radical (unpaired) electrons. The first-order valence-electron chi connectivity index (χ1n) is 6.31. The molecule has 0 heterocycles. The maximum absolute atomic E-state index is 11.9. The van der Waals surface area contributed by atoms with Crippen LogP contribution < -0.4 is 5.32 Å². The number of halogens is 2. The second-order valence-corrected chi connectivity index (χ2v) is 5.51. The first kappa shape index (κ1) is 16.8. The standard InChI is InChI=1S/C14H17Cl2NO3/c1-3-8(2)13(14(19)20)17-12(18)7-9-4-5-10(15)11(16)6-9/h4-6,8,13H,3,7H2,1-2H3,(H,17,18)(H,19,20)/t8-,13-/m0/s1. The van der Waals surface area contributed by atoms with Crippen molar-refractivity contribution < 1.29 is 14.7 Å². The Balaban J connectivity index is 2.70. The third-order valence-electron chi connectivity index (χ3n) is 3.14. The summed E-state index contributed by atoms with van der Waals surface area (Å²) in [7, 11) is 0. The Morgan fingerprint density at radius 3 is 2.45 bits per heavy atom. The van der Waals surface area contributed by atoms with E-state index in [0.29, 0.717) is 22.0 Å². The molecule has 110 valence electrons. The fourth-order valence-electron chi connectivity index (χ4n) is 1.74. The van der Waals surface area contributed by atoms with Crippen molar-refractivity contribution in [1.29, 1.82) is 0 Å². The fraction of sp³-hybridized carbons (Fsp3) is 0.429. The molecular weight excluding hydrogens is 301 g/mol. The number of nitrogens with one attached hydrogen (secondary N) is 1. The molecular formula is C14H17Cl2NO3. The Hall–Kier alpha value is -1.26. The largest absolute Gasteiger partial charge is 0.480 e. The van der Waals surface area contributed by atoms with Crippen LogP contribution in [0.1, 0.15) is 25.8 Å². The molecule has 0 aliphatic carbocycles. The average Bonchev–Trinajstić information content (AvgIpc) is 2.39. The minimum atomic E-state index is -1.03. The van der Waals surface area contributed by atoms with Gasteiger partial charge in [0.25, 0.3) is 0 Å². The summed E-state index contributed by atoms with van der Waals surface area (Å²) in [5.74, 6) is -1.51. The first-order chi connectivity index (χ1) is 9.35. The predicted octanol–water partition coefficient (Wildman–Crippen LogP) is 3.15. The molecule has 0 unspecified atom stereocenters. The van der Waals surface area contributed by atoms with Crippen LogP contribution in [0.25, 0.3) is 0 Å². The number of carbonyl (C=O) groups excluding carboxylic acids is 1. The Morgan fingerprint density at radius 1 is 1.30 bits per heavy atom. The molecule has 0 aliphatic heterocycles. The van der Waals surface area contributed by atoms with E-state index >= 15 is 0 Å². The van der Waals surface area contributed by atoms with Gasteiger partial charge in [-0.05, 0) is 23.6 Å². The van der Waals surface area contributed by atoms with Crippen molar-refractivity contribution in [2.75, 3.05) is 0 Å². The molecule has 0 fully saturated rings. The first-order valence-corrected chi connectivity index (χ1v) is 7.06. The van der Waals surface area contributed by atoms with Gasteiger partial charge in [0.05, 0.1) is 16.5 Å². The number of carboxylic acid groups (broad SMARTS) is 1. The van der Waals surface area contributed by atoms with Crippen molar-refractivity contribution in [2.45, 2.75) is 32.7 Å². The lowest BCUT2D eigenvalue weighted by Gasteiger charge is -2.20. The quantitative estimate of drug-likeness (QED) is 0.847. The Morgan fingerprint density at radius 2 is 1.95 bits per heavy atom. The molecule has 2 N–H and O–H groups in total. The van der Waals surface area contributed by atoms with E-state index in [4.69, 9.17) is 28.3 Å². The normalized spacial score (nSPS) is 13.6. The van der Waals surface area contributed by atoms with Crippen LogP contribution in [0.4, 0.5) is 0 Å². The van der Waals surface area contributed by atoms with Crippen molar-refractivity contribution >= 4 is 35.1 Å². The van der Waals surface area contributed by atoms with E-state index < -0.39 is 12.0 Å². The minimum Gasteiger partial charge on any atom is -0.480 e. The smallest absolute Gasteiger partial charge is 0.326 e. The van der Waals surface area contributed by atoms with E-state index in [0.717, 1.165) is 0 Å². The Bertz CT molecular complexity index is 505. The van der Waals surface area contributed by atoms with E-state index in [1.165, 1.54) is 0 Å². The van der Waals surface area contributed by atoms with E-state index in [9.17, 15) is 9.59 Å². The SMILES string of the molecule is CC[C@H](C)[C@H](NC(=O)Cc1ccc(Cl)c(Cl)c1)C(=O)O. The van der Waals surface area contributed by atoms with Gasteiger partial charge in [-0.25, -0.2) is 4.79 Å². The van der Waals surface area contributed by atoms with Gasteiger partial charge in [-0.3, -0.25) is 4.79 Å². The number of benzene rings is 1. The van der Waals surface area contributed by atoms with Gasteiger partial charge in [0.1, 0.15) is 6.04 Å². The molecule has 0 aromatic heterocycles. The molecule has 1 amide bonds. The summed E-state index contributed by atoms with van der Waals surface area (Å²) in [6, 6.07) is 4.01. The van der Waals surface area contributed by atoms with Crippen LogP contribution in [0.2, 0.25) is 10.0 Å². The Kier molecular flexibility index (Phi) is 6.30. The van der Waals surface area contributed by atoms with Crippen molar-refractivity contribution in [3.05, 3.63) is 33.8 Å². The van der Waals surface area contributed by atoms with E-state index in [-0.39, 0.29) is 18.2 Å². The van der Waals surface area contributed by atoms with E-state index in [2.05, 4.69) is 5.32 Å². The molecule has 0 bridgehead atoms. The van der Waals surface area contributed by atoms with E-state index in [1.54, 1.807) is 25.1 Å². The number of amides is 1. The van der Waals surface area contributed by atoms with Gasteiger partial charge < -0.3 is 10.4 Å². The number of hydrogen-bond acceptors (Lipinski definition) is 2. The number of aliphatic carboxylic acids is 1. The third kappa shape index (κ3) is 4.69. The van der Waals surface area contributed by atoms with Crippen molar-refractivity contribution in [1.82, 2.24) is 5.32 Å². The van der Waals surface area contributed by atoms with Gasteiger partial charge in [0, 0.05) is 0 Å². The maximum atomic E-state index is 11.9. The molecule has 0 saturated carbocycles. The summed E-state index contributed by atoms with van der Waals surface area (Å²) >= 11 is 11.7. The molecule has 0 spiro atoms. The van der Waals surface area contributed by atoms with Crippen LogP contribution >= 0.6 is 23.2 Å². The van der Waals surface area contributed by atoms with Gasteiger partial charge in [0.2, 0.25) is 5.91 Å². The lowest BCUT2D eigenvalue weighted by atomic mass is 9.99. The number of carbonyl (C=O) groups is 2. The van der Waals surface area contributed by atoms with Crippen LogP contribution in [0.3, 0.4) is 0 Å². The molecule has 0 aliphatic rings. The van der Waals surface area contributed by atoms with Gasteiger partial charge >= 0.3 is 5.97 Å². The van der Waals surface area contributed by atoms with Crippen LogP contribution in [0.15, 0.2) is 18.2 Å². The number of rotatable bonds is 6. The number of carboxylic acids is 1. The zero-order chi connectivity index (χ0) is 15.3. The van der Waals surface area contributed by atoms with Crippen molar-refractivity contribution in [3.8, 4) is 0 Å². The lowest BCUT2D eigenvalue weighted by molar-refractivity contribution is -0.143. The molecule has 20 heavy (non-hydrogen) atoms. The highest BCUT2D eigenvalue weighted by Crippen LogP contribution is 2.22. The second-order valence-electron chi connectivity index (χ2n) is 4.69. The Labute approximate surface area is 128 Å². The predicted molar refractivity (Wildman–Crippen MR) is 79.2 cm³/mol. The maximum Gasteiger partial charge on any atom is 0.326 e. The van der Waals surface area contributed by atoms with Crippen LogP contribution in [0.5, 0.6) is 0 Å². The zero-order valence-corrected chi connectivity index (χ0v) is 12.8. The highest BCUT2D eigenvalue weighted by molar-refractivity contribution is 6.42. The monoisotopic (exact) mass is 317 g/mol. The average molecular weight is 318 g/mol. The van der Waals surface area contributed by atoms with Crippen molar-refractivity contribution in [3.63, 3.8) is 0 Å². The second kappa shape index (κ2) is 7.50. The number of hydrogen-bond donors (Lipinski definition) is 2. The summed E-state index contributed by atoms with van der Waals surface area (Å²) in [6.45, 7) is 3.67. The summed E-state index contributed by atoms with van der Waals surface area (Å²) in [5.41, 5.74) is 0.685. The third-order valence-corrected chi connectivity index (χ3v) is 3.88. The topological polar surface area (TPSA) is 66.4 Å². The van der Waals surface area contributed by atoms with Gasteiger partial charge in [-0.1, -0.05) is 49.5 Å². The molecule has 0 saturated heterocycles. The van der Waals surface area contributed by atoms with Crippen LogP contribution in [-0.4, -0.2) is 23.0 Å². The highest BCUT2D eigenvalue weighted by atomic mass is 35.5. The van der Waals surface area contributed by atoms with Crippen molar-refractivity contribution in [2.24, 2.45) is 5.92 Å². The lowest BCUT2D eigenvalue weighted by Crippen LogP contribution is -2.45. The molecule has 1 aromatic rings. The molecule has 2 atom stereocenters. The summed E-state index contributed by atoms with van der Waals surface area (Å²) in [5, 5.41) is 12.4. The minimum absolute atomic E-state index is 0.0666. The summed E-state index contributed by atoms with van der Waals surface area (Å²) in [6.07, 6.45) is 0.737. The van der Waals surface area contributed by atoms with Crippen LogP contribution in [-0.2, 0) is 16.0 Å². The summed E-state index contributed by atoms with van der Waals surface area (Å²) in [4.78, 5) is 23.0. The highest BCUT2D eigenvalue weighted by Gasteiger charge is 2.25. The molecule has 4 nitrogen and oxygen atoms in total.